The number of rotatable bonds is 4. The van der Waals surface area contributed by atoms with Crippen molar-refractivity contribution in [1.82, 2.24) is 0 Å². The highest BCUT2D eigenvalue weighted by atomic mass is 16.8. The Morgan fingerprint density at radius 2 is 1.97 bits per heavy atom. The lowest BCUT2D eigenvalue weighted by Gasteiger charge is -2.58. The first-order chi connectivity index (χ1) is 15.0. The largest absolute Gasteiger partial charge is 0.498 e. The number of hydrogen-bond acceptors (Lipinski definition) is 5. The van der Waals surface area contributed by atoms with Crippen LogP contribution in [0.1, 0.15) is 80.1 Å². The molecule has 7 atom stereocenters. The smallest absolute Gasteiger partial charge is 0.164 e. The molecule has 0 unspecified atom stereocenters. The molecule has 2 saturated carbocycles. The zero-order valence-corrected chi connectivity index (χ0v) is 20.5. The summed E-state index contributed by atoms with van der Waals surface area (Å²) in [5.41, 5.74) is 0.934. The normalized spacial score (nSPS) is 46.5. The second-order valence-corrected chi connectivity index (χ2v) is 11.7. The maximum Gasteiger partial charge on any atom is 0.164 e. The van der Waals surface area contributed by atoms with E-state index in [4.69, 9.17) is 14.2 Å². The van der Waals surface area contributed by atoms with Gasteiger partial charge in [-0.05, 0) is 100 Å². The average Bonchev–Trinajstić information content (AvgIpc) is 3.14. The topological polar surface area (TPSA) is 61.8 Å². The van der Waals surface area contributed by atoms with Crippen LogP contribution in [-0.4, -0.2) is 36.2 Å². The Balaban J connectivity index is 1.57. The molecule has 5 aliphatic rings. The highest BCUT2D eigenvalue weighted by Gasteiger charge is 2.75. The number of carbonyl (C=O) groups excluding carboxylic acids is 2. The number of fused-ring (bicyclic) bond motifs is 7. The summed E-state index contributed by atoms with van der Waals surface area (Å²) in [6, 6.07) is 0. The van der Waals surface area contributed by atoms with Crippen molar-refractivity contribution in [2.45, 2.75) is 97.6 Å². The third-order valence-electron chi connectivity index (χ3n) is 9.86. The summed E-state index contributed by atoms with van der Waals surface area (Å²) in [5, 5.41) is 0. The molecule has 5 heteroatoms. The van der Waals surface area contributed by atoms with Crippen LogP contribution in [0.2, 0.25) is 0 Å². The standard InChI is InChI=1S/C27H38O5/c1-7-30-18-8-10-25(5)20-9-11-26(6)22(19(20)12-17(15-28)21(25)13-18)14-23-27(26,16(2)29)32-24(3,4)31-23/h13,15,19-20,22-23H,7-12,14H2,1-6H3/t19-,20+,22+,23-,25-,26+,27-/m1/s1. The van der Waals surface area contributed by atoms with E-state index >= 15 is 0 Å². The lowest BCUT2D eigenvalue weighted by Crippen LogP contribution is -2.59. The van der Waals surface area contributed by atoms with E-state index in [1.54, 1.807) is 6.92 Å². The molecule has 0 aromatic carbocycles. The summed E-state index contributed by atoms with van der Waals surface area (Å²) in [7, 11) is 0. The molecule has 3 fully saturated rings. The van der Waals surface area contributed by atoms with E-state index in [0.29, 0.717) is 24.4 Å². The molecule has 1 saturated heterocycles. The van der Waals surface area contributed by atoms with Gasteiger partial charge in [-0.3, -0.25) is 9.59 Å². The highest BCUT2D eigenvalue weighted by Crippen LogP contribution is 2.70. The lowest BCUT2D eigenvalue weighted by atomic mass is 9.46. The second-order valence-electron chi connectivity index (χ2n) is 11.7. The molecule has 0 N–H and O–H groups in total. The van der Waals surface area contributed by atoms with Crippen molar-refractivity contribution in [2.75, 3.05) is 6.61 Å². The number of aldehydes is 1. The van der Waals surface area contributed by atoms with Crippen LogP contribution in [0.5, 0.6) is 0 Å². The predicted octanol–water partition coefficient (Wildman–Crippen LogP) is 5.14. The molecule has 4 aliphatic carbocycles. The molecule has 5 rings (SSSR count). The van der Waals surface area contributed by atoms with Crippen LogP contribution in [0.3, 0.4) is 0 Å². The second kappa shape index (κ2) is 7.02. The van der Waals surface area contributed by atoms with Crippen molar-refractivity contribution >= 4 is 12.1 Å². The van der Waals surface area contributed by atoms with Crippen LogP contribution in [0.4, 0.5) is 0 Å². The zero-order valence-electron chi connectivity index (χ0n) is 20.5. The SMILES string of the molecule is CCOC1=CC2=C(C=O)C[C@@H]3[C@H](CC[C@@]4(C)[C@H]3C[C@H]3OC(C)(C)O[C@]34C(C)=O)[C@@]2(C)CC1. The quantitative estimate of drug-likeness (QED) is 0.564. The first-order valence-electron chi connectivity index (χ1n) is 12.4. The molecule has 0 bridgehead atoms. The van der Waals surface area contributed by atoms with Gasteiger partial charge in [0.05, 0.1) is 18.5 Å². The number of ether oxygens (including phenoxy) is 3. The van der Waals surface area contributed by atoms with E-state index in [1.807, 2.05) is 20.8 Å². The summed E-state index contributed by atoms with van der Waals surface area (Å²) in [4.78, 5) is 25.5. The van der Waals surface area contributed by atoms with Crippen molar-refractivity contribution < 1.29 is 23.8 Å². The molecule has 176 valence electrons. The van der Waals surface area contributed by atoms with Crippen LogP contribution in [-0.2, 0) is 23.8 Å². The van der Waals surface area contributed by atoms with Crippen molar-refractivity contribution in [2.24, 2.45) is 28.6 Å². The molecular weight excluding hydrogens is 404 g/mol. The number of allylic oxidation sites excluding steroid dienone is 4. The molecule has 5 nitrogen and oxygen atoms in total. The first kappa shape index (κ1) is 22.3. The van der Waals surface area contributed by atoms with E-state index in [2.05, 4.69) is 19.9 Å². The van der Waals surface area contributed by atoms with E-state index in [1.165, 1.54) is 5.57 Å². The number of Topliss-reactive ketones (excluding diaryl/α,β-unsaturated/α-hetero) is 1. The van der Waals surface area contributed by atoms with E-state index in [0.717, 1.165) is 56.1 Å². The molecule has 0 amide bonds. The Kier molecular flexibility index (Phi) is 4.90. The maximum absolute atomic E-state index is 13.2. The third kappa shape index (κ3) is 2.70. The average molecular weight is 443 g/mol. The van der Waals surface area contributed by atoms with Crippen LogP contribution >= 0.6 is 0 Å². The molecule has 1 heterocycles. The van der Waals surface area contributed by atoms with Crippen LogP contribution in [0, 0.1) is 28.6 Å². The molecule has 0 radical (unpaired) electrons. The molecule has 0 aromatic heterocycles. The van der Waals surface area contributed by atoms with Gasteiger partial charge < -0.3 is 14.2 Å². The zero-order chi connectivity index (χ0) is 23.1. The van der Waals surface area contributed by atoms with Crippen LogP contribution in [0.15, 0.2) is 23.0 Å². The Bertz CT molecular complexity index is 915. The van der Waals surface area contributed by atoms with E-state index in [9.17, 15) is 9.59 Å². The Morgan fingerprint density at radius 3 is 2.62 bits per heavy atom. The van der Waals surface area contributed by atoms with Gasteiger partial charge in [-0.25, -0.2) is 0 Å². The van der Waals surface area contributed by atoms with Crippen LogP contribution in [0.25, 0.3) is 0 Å². The van der Waals surface area contributed by atoms with Gasteiger partial charge in [0.1, 0.15) is 6.29 Å². The minimum Gasteiger partial charge on any atom is -0.498 e. The van der Waals surface area contributed by atoms with Gasteiger partial charge in [-0.2, -0.15) is 0 Å². The maximum atomic E-state index is 13.2. The predicted molar refractivity (Wildman–Crippen MR) is 121 cm³/mol. The molecule has 32 heavy (non-hydrogen) atoms. The summed E-state index contributed by atoms with van der Waals surface area (Å²) in [6.45, 7) is 12.8. The summed E-state index contributed by atoms with van der Waals surface area (Å²) in [5.74, 6) is 1.51. The number of hydrogen-bond donors (Lipinski definition) is 0. The molecule has 0 aromatic rings. The minimum atomic E-state index is -0.882. The Hall–Kier alpha value is -1.46. The summed E-state index contributed by atoms with van der Waals surface area (Å²) >= 11 is 0. The third-order valence-corrected chi connectivity index (χ3v) is 9.86. The molecule has 0 spiro atoms. The van der Waals surface area contributed by atoms with Gasteiger partial charge in [0.15, 0.2) is 17.2 Å². The molecular formula is C27H38O5. The fourth-order valence-electron chi connectivity index (χ4n) is 8.65. The fraction of sp³-hybridized carbons (Fsp3) is 0.778. The van der Waals surface area contributed by atoms with Crippen molar-refractivity contribution in [3.63, 3.8) is 0 Å². The van der Waals surface area contributed by atoms with Gasteiger partial charge in [0.25, 0.3) is 0 Å². The van der Waals surface area contributed by atoms with Gasteiger partial charge in [-0.1, -0.05) is 13.8 Å². The Morgan fingerprint density at radius 1 is 1.22 bits per heavy atom. The van der Waals surface area contributed by atoms with Crippen molar-refractivity contribution in [3.8, 4) is 0 Å². The van der Waals surface area contributed by atoms with E-state index < -0.39 is 11.4 Å². The Labute approximate surface area is 191 Å². The van der Waals surface area contributed by atoms with Gasteiger partial charge in [-0.15, -0.1) is 0 Å². The van der Waals surface area contributed by atoms with Gasteiger partial charge >= 0.3 is 0 Å². The first-order valence-corrected chi connectivity index (χ1v) is 12.4. The van der Waals surface area contributed by atoms with Gasteiger partial charge in [0.2, 0.25) is 0 Å². The summed E-state index contributed by atoms with van der Waals surface area (Å²) < 4.78 is 18.7. The highest BCUT2D eigenvalue weighted by molar-refractivity contribution is 5.88. The lowest BCUT2D eigenvalue weighted by molar-refractivity contribution is -0.213. The van der Waals surface area contributed by atoms with E-state index in [-0.39, 0.29) is 22.7 Å². The fourth-order valence-corrected chi connectivity index (χ4v) is 8.65. The number of ketones is 1. The van der Waals surface area contributed by atoms with Gasteiger partial charge in [0, 0.05) is 11.8 Å². The molecule has 1 aliphatic heterocycles. The van der Waals surface area contributed by atoms with Crippen molar-refractivity contribution in [3.05, 3.63) is 23.0 Å². The van der Waals surface area contributed by atoms with Crippen LogP contribution < -0.4 is 0 Å². The summed E-state index contributed by atoms with van der Waals surface area (Å²) in [6.07, 6.45) is 8.57. The van der Waals surface area contributed by atoms with Crippen molar-refractivity contribution in [1.29, 1.82) is 0 Å². The monoisotopic (exact) mass is 442 g/mol. The number of carbonyl (C=O) groups is 2. The minimum absolute atomic E-state index is 0.0246.